The van der Waals surface area contributed by atoms with Gasteiger partial charge < -0.3 is 0 Å². The van der Waals surface area contributed by atoms with E-state index >= 15 is 0 Å². The molecule has 0 spiro atoms. The number of rotatable bonds is 2. The lowest BCUT2D eigenvalue weighted by atomic mass is 10.1. The Morgan fingerprint density at radius 1 is 1.38 bits per heavy atom. The topological polar surface area (TPSA) is 34.1 Å². The highest BCUT2D eigenvalue weighted by molar-refractivity contribution is 7.18. The summed E-state index contributed by atoms with van der Waals surface area (Å²) in [6.45, 7) is 3.54. The lowest BCUT2D eigenvalue weighted by molar-refractivity contribution is 0.101. The van der Waals surface area contributed by atoms with Crippen LogP contribution in [0.1, 0.15) is 29.1 Å². The van der Waals surface area contributed by atoms with Crippen molar-refractivity contribution >= 4 is 27.2 Å². The Labute approximate surface area is 97.5 Å². The third-order valence-electron chi connectivity index (χ3n) is 2.53. The molecule has 0 N–H and O–H groups in total. The molecule has 1 aromatic heterocycles. The van der Waals surface area contributed by atoms with Crippen molar-refractivity contribution in [3.8, 4) is 0 Å². The van der Waals surface area contributed by atoms with Crippen molar-refractivity contribution in [3.05, 3.63) is 44.9 Å². The van der Waals surface area contributed by atoms with Crippen molar-refractivity contribution < 1.29 is 4.79 Å². The fraction of sp³-hybridized carbons (Fsp3) is 0.231. The maximum absolute atomic E-state index is 11.8. The summed E-state index contributed by atoms with van der Waals surface area (Å²) in [5.74, 6) is 0.00880. The van der Waals surface area contributed by atoms with Gasteiger partial charge in [-0.25, -0.2) is 0 Å². The van der Waals surface area contributed by atoms with Crippen molar-refractivity contribution in [1.29, 1.82) is 0 Å². The minimum Gasteiger partial charge on any atom is -0.294 e. The molecule has 1 aromatic carbocycles. The van der Waals surface area contributed by atoms with E-state index in [1.165, 1.54) is 18.3 Å². The van der Waals surface area contributed by atoms with Crippen LogP contribution in [0.25, 0.3) is 10.1 Å². The highest BCUT2D eigenvalue weighted by atomic mass is 32.1. The number of hydrogen-bond donors (Lipinski definition) is 0. The van der Waals surface area contributed by atoms with E-state index in [1.54, 1.807) is 24.3 Å². The maximum Gasteiger partial charge on any atom is 0.188 e. The quantitative estimate of drug-likeness (QED) is 0.746. The maximum atomic E-state index is 11.8. The molecule has 3 heteroatoms. The molecule has 0 aliphatic carbocycles. The van der Waals surface area contributed by atoms with Gasteiger partial charge in [0.2, 0.25) is 0 Å². The van der Waals surface area contributed by atoms with Crippen LogP contribution in [0.4, 0.5) is 0 Å². The smallest absolute Gasteiger partial charge is 0.188 e. The van der Waals surface area contributed by atoms with Crippen LogP contribution in [-0.2, 0) is 6.42 Å². The van der Waals surface area contributed by atoms with Crippen molar-refractivity contribution in [2.45, 2.75) is 20.3 Å². The molecule has 0 saturated carbocycles. The van der Waals surface area contributed by atoms with E-state index in [0.717, 1.165) is 16.0 Å². The van der Waals surface area contributed by atoms with Crippen molar-refractivity contribution in [3.63, 3.8) is 0 Å². The summed E-state index contributed by atoms with van der Waals surface area (Å²) in [5, 5.41) is 0.648. The summed E-state index contributed by atoms with van der Waals surface area (Å²) in [4.78, 5) is 24.3. The van der Waals surface area contributed by atoms with Gasteiger partial charge in [-0.1, -0.05) is 13.0 Å². The van der Waals surface area contributed by atoms with Crippen LogP contribution in [0.15, 0.2) is 29.1 Å². The molecule has 0 radical (unpaired) electrons. The van der Waals surface area contributed by atoms with Gasteiger partial charge in [0.15, 0.2) is 11.2 Å². The molecule has 0 atom stereocenters. The van der Waals surface area contributed by atoms with Crippen LogP contribution in [-0.4, -0.2) is 5.78 Å². The molecule has 16 heavy (non-hydrogen) atoms. The second-order valence-electron chi connectivity index (χ2n) is 3.67. The van der Waals surface area contributed by atoms with Gasteiger partial charge in [0, 0.05) is 20.5 Å². The molecule has 0 unspecified atom stereocenters. The van der Waals surface area contributed by atoms with Crippen LogP contribution in [0.2, 0.25) is 0 Å². The number of hydrogen-bond acceptors (Lipinski definition) is 3. The van der Waals surface area contributed by atoms with E-state index in [4.69, 9.17) is 0 Å². The number of ketones is 1. The summed E-state index contributed by atoms with van der Waals surface area (Å²) in [6.07, 6.45) is 0.822. The molecule has 2 aromatic rings. The fourth-order valence-corrected chi connectivity index (χ4v) is 2.85. The largest absolute Gasteiger partial charge is 0.294 e. The van der Waals surface area contributed by atoms with E-state index < -0.39 is 0 Å². The molecule has 2 nitrogen and oxygen atoms in total. The zero-order valence-electron chi connectivity index (χ0n) is 9.24. The van der Waals surface area contributed by atoms with Crippen molar-refractivity contribution in [1.82, 2.24) is 0 Å². The average molecular weight is 232 g/mol. The van der Waals surface area contributed by atoms with Gasteiger partial charge in [0.25, 0.3) is 0 Å². The monoisotopic (exact) mass is 232 g/mol. The first-order valence-corrected chi connectivity index (χ1v) is 6.02. The summed E-state index contributed by atoms with van der Waals surface area (Å²) in [7, 11) is 0. The van der Waals surface area contributed by atoms with E-state index in [2.05, 4.69) is 0 Å². The molecule has 1 heterocycles. The van der Waals surface area contributed by atoms with Gasteiger partial charge in [-0.3, -0.25) is 9.59 Å². The van der Waals surface area contributed by atoms with Crippen molar-refractivity contribution in [2.75, 3.05) is 0 Å². The first-order chi connectivity index (χ1) is 7.63. The predicted molar refractivity (Wildman–Crippen MR) is 67.5 cm³/mol. The van der Waals surface area contributed by atoms with Crippen LogP contribution >= 0.6 is 11.3 Å². The van der Waals surface area contributed by atoms with Gasteiger partial charge in [-0.2, -0.15) is 0 Å². The van der Waals surface area contributed by atoms with Crippen LogP contribution < -0.4 is 5.43 Å². The minimum atomic E-state index is 0.00806. The fourth-order valence-electron chi connectivity index (χ4n) is 1.68. The Morgan fingerprint density at radius 2 is 2.12 bits per heavy atom. The summed E-state index contributed by atoms with van der Waals surface area (Å²) >= 11 is 1.54. The average Bonchev–Trinajstić information content (AvgIpc) is 2.28. The highest BCUT2D eigenvalue weighted by Gasteiger charge is 2.09. The number of Topliss-reactive ketones (excluding diaryl/α,β-unsaturated/α-hetero) is 1. The zero-order valence-corrected chi connectivity index (χ0v) is 10.1. The zero-order chi connectivity index (χ0) is 11.7. The van der Waals surface area contributed by atoms with Crippen molar-refractivity contribution in [2.24, 2.45) is 0 Å². The Hall–Kier alpha value is -1.48. The third kappa shape index (κ3) is 1.78. The standard InChI is InChI=1S/C13H12O2S/c1-3-9-7-12(15)11-6-4-5-10(8(2)14)13(11)16-9/h4-7H,3H2,1-2H3. The third-order valence-corrected chi connectivity index (χ3v) is 3.85. The number of carbonyl (C=O) groups excluding carboxylic acids is 1. The Bertz CT molecular complexity index is 611. The van der Waals surface area contributed by atoms with Crippen LogP contribution in [0, 0.1) is 0 Å². The van der Waals surface area contributed by atoms with Gasteiger partial charge in [0.1, 0.15) is 0 Å². The summed E-state index contributed by atoms with van der Waals surface area (Å²) < 4.78 is 0.819. The lowest BCUT2D eigenvalue weighted by Crippen LogP contribution is -2.03. The number of fused-ring (bicyclic) bond motifs is 1. The van der Waals surface area contributed by atoms with Gasteiger partial charge >= 0.3 is 0 Å². The predicted octanol–water partition coefficient (Wildman–Crippen LogP) is 3.03. The first-order valence-electron chi connectivity index (χ1n) is 5.20. The lowest BCUT2D eigenvalue weighted by Gasteiger charge is -2.03. The SMILES string of the molecule is CCc1cc(=O)c2cccc(C(C)=O)c2s1. The molecule has 0 fully saturated rings. The minimum absolute atomic E-state index is 0.00806. The molecule has 0 amide bonds. The molecule has 0 aliphatic rings. The molecule has 0 saturated heterocycles. The normalized spacial score (nSPS) is 10.6. The molecule has 2 rings (SSSR count). The van der Waals surface area contributed by atoms with E-state index in [9.17, 15) is 9.59 Å². The second kappa shape index (κ2) is 4.18. The highest BCUT2D eigenvalue weighted by Crippen LogP contribution is 2.23. The Kier molecular flexibility index (Phi) is 2.88. The Balaban J connectivity index is 2.90. The summed E-state index contributed by atoms with van der Waals surface area (Å²) in [5.41, 5.74) is 0.656. The van der Waals surface area contributed by atoms with E-state index in [-0.39, 0.29) is 11.2 Å². The van der Waals surface area contributed by atoms with Crippen LogP contribution in [0.5, 0.6) is 0 Å². The number of aryl methyl sites for hydroxylation is 1. The molecular formula is C13H12O2S. The first kappa shape index (κ1) is 11.0. The van der Waals surface area contributed by atoms with E-state index in [0.29, 0.717) is 10.9 Å². The number of carbonyl (C=O) groups is 1. The second-order valence-corrected chi connectivity index (χ2v) is 4.81. The van der Waals surface area contributed by atoms with Crippen LogP contribution in [0.3, 0.4) is 0 Å². The van der Waals surface area contributed by atoms with Gasteiger partial charge in [-0.05, 0) is 31.5 Å². The van der Waals surface area contributed by atoms with Gasteiger partial charge in [0.05, 0.1) is 0 Å². The van der Waals surface area contributed by atoms with E-state index in [1.807, 2.05) is 6.92 Å². The Morgan fingerprint density at radius 3 is 2.75 bits per heavy atom. The summed E-state index contributed by atoms with van der Waals surface area (Å²) in [6, 6.07) is 6.98. The number of benzene rings is 1. The molecule has 0 aliphatic heterocycles. The molecule has 82 valence electrons. The van der Waals surface area contributed by atoms with Gasteiger partial charge in [-0.15, -0.1) is 11.3 Å². The molecular weight excluding hydrogens is 220 g/mol. The molecule has 0 bridgehead atoms.